The Hall–Kier alpha value is -3.28. The van der Waals surface area contributed by atoms with Crippen molar-refractivity contribution in [3.63, 3.8) is 0 Å². The molecule has 140 valence electrons. The summed E-state index contributed by atoms with van der Waals surface area (Å²) in [6.45, 7) is 2.69. The van der Waals surface area contributed by atoms with Crippen molar-refractivity contribution in [1.82, 2.24) is 9.99 Å². The smallest absolute Gasteiger partial charge is 0.241 e. The van der Waals surface area contributed by atoms with Gasteiger partial charge in [0.25, 0.3) is 0 Å². The standard InChI is InChI=1S/C21H23N3O3/c1-15-5-4-6-18-17(15)9-11-24(18)12-10-21(25)23-22-14-16-7-8-19(26-2)20(13-16)27-3/h4-9,11,13-14H,10,12H2,1-3H3,(H,23,25). The molecule has 0 saturated carbocycles. The molecule has 3 rings (SSSR count). The van der Waals surface area contributed by atoms with Crippen molar-refractivity contribution in [2.75, 3.05) is 14.2 Å². The van der Waals surface area contributed by atoms with E-state index in [-0.39, 0.29) is 5.91 Å². The highest BCUT2D eigenvalue weighted by Gasteiger charge is 2.06. The SMILES string of the molecule is COc1ccc(C=NNC(=O)CCn2ccc3c(C)cccc32)cc1OC. The molecule has 0 aliphatic heterocycles. The van der Waals surface area contributed by atoms with E-state index in [0.29, 0.717) is 24.5 Å². The molecule has 0 unspecified atom stereocenters. The lowest BCUT2D eigenvalue weighted by Gasteiger charge is -2.07. The number of fused-ring (bicyclic) bond motifs is 1. The monoisotopic (exact) mass is 365 g/mol. The van der Waals surface area contributed by atoms with E-state index in [1.165, 1.54) is 10.9 Å². The van der Waals surface area contributed by atoms with Crippen LogP contribution in [0.3, 0.4) is 0 Å². The third-order valence-electron chi connectivity index (χ3n) is 4.42. The first-order valence-electron chi connectivity index (χ1n) is 8.70. The number of nitrogens with one attached hydrogen (secondary N) is 1. The van der Waals surface area contributed by atoms with Gasteiger partial charge in [0.05, 0.1) is 20.4 Å². The maximum Gasteiger partial charge on any atom is 0.241 e. The summed E-state index contributed by atoms with van der Waals surface area (Å²) in [5, 5.41) is 5.23. The van der Waals surface area contributed by atoms with Crippen LogP contribution in [0.25, 0.3) is 10.9 Å². The summed E-state index contributed by atoms with van der Waals surface area (Å²) in [6.07, 6.45) is 3.94. The van der Waals surface area contributed by atoms with Crippen molar-refractivity contribution in [3.05, 3.63) is 59.8 Å². The first kappa shape index (κ1) is 18.5. The molecule has 1 heterocycles. The Morgan fingerprint density at radius 1 is 1.15 bits per heavy atom. The van der Waals surface area contributed by atoms with Crippen molar-refractivity contribution in [1.29, 1.82) is 0 Å². The number of ether oxygens (including phenoxy) is 2. The zero-order valence-electron chi connectivity index (χ0n) is 15.7. The highest BCUT2D eigenvalue weighted by atomic mass is 16.5. The molecule has 0 saturated heterocycles. The van der Waals surface area contributed by atoms with Crippen LogP contribution in [0.15, 0.2) is 53.8 Å². The fraction of sp³-hybridized carbons (Fsp3) is 0.238. The van der Waals surface area contributed by atoms with Crippen LogP contribution in [0.5, 0.6) is 11.5 Å². The zero-order valence-corrected chi connectivity index (χ0v) is 15.7. The molecule has 27 heavy (non-hydrogen) atoms. The van der Waals surface area contributed by atoms with Gasteiger partial charge >= 0.3 is 0 Å². The van der Waals surface area contributed by atoms with Crippen molar-refractivity contribution >= 4 is 23.0 Å². The van der Waals surface area contributed by atoms with Crippen LogP contribution < -0.4 is 14.9 Å². The fourth-order valence-electron chi connectivity index (χ4n) is 2.96. The molecule has 0 aliphatic rings. The minimum atomic E-state index is -0.138. The average Bonchev–Trinajstić information content (AvgIpc) is 3.10. The summed E-state index contributed by atoms with van der Waals surface area (Å²) in [5.74, 6) is 1.12. The highest BCUT2D eigenvalue weighted by Crippen LogP contribution is 2.26. The number of aryl methyl sites for hydroxylation is 2. The minimum Gasteiger partial charge on any atom is -0.493 e. The van der Waals surface area contributed by atoms with Crippen molar-refractivity contribution in [2.24, 2.45) is 5.10 Å². The molecule has 0 radical (unpaired) electrons. The average molecular weight is 365 g/mol. The Kier molecular flexibility index (Phi) is 5.76. The number of nitrogens with zero attached hydrogens (tertiary/aromatic N) is 2. The van der Waals surface area contributed by atoms with Crippen LogP contribution in [-0.4, -0.2) is 30.9 Å². The molecule has 1 aromatic heterocycles. The summed E-state index contributed by atoms with van der Waals surface area (Å²) in [4.78, 5) is 12.1. The third kappa shape index (κ3) is 4.28. The summed E-state index contributed by atoms with van der Waals surface area (Å²) in [6, 6.07) is 13.7. The second-order valence-electron chi connectivity index (χ2n) is 6.17. The number of amides is 1. The van der Waals surface area contributed by atoms with Gasteiger partial charge in [0.1, 0.15) is 0 Å². The van der Waals surface area contributed by atoms with Crippen molar-refractivity contribution in [2.45, 2.75) is 19.9 Å². The van der Waals surface area contributed by atoms with Crippen LogP contribution in [-0.2, 0) is 11.3 Å². The number of carbonyl (C=O) groups excluding carboxylic acids is 1. The number of methoxy groups -OCH3 is 2. The molecule has 0 fully saturated rings. The van der Waals surface area contributed by atoms with Crippen LogP contribution in [0.2, 0.25) is 0 Å². The van der Waals surface area contributed by atoms with Crippen molar-refractivity contribution < 1.29 is 14.3 Å². The molecular formula is C21H23N3O3. The summed E-state index contributed by atoms with van der Waals surface area (Å²) >= 11 is 0. The van der Waals surface area contributed by atoms with Crippen LogP contribution in [0.1, 0.15) is 17.5 Å². The molecular weight excluding hydrogens is 342 g/mol. The molecule has 1 amide bonds. The largest absolute Gasteiger partial charge is 0.493 e. The van der Waals surface area contributed by atoms with E-state index in [4.69, 9.17) is 9.47 Å². The number of aromatic nitrogens is 1. The Morgan fingerprint density at radius 2 is 1.96 bits per heavy atom. The molecule has 6 heteroatoms. The van der Waals surface area contributed by atoms with Gasteiger partial charge in [0.15, 0.2) is 11.5 Å². The van der Waals surface area contributed by atoms with Gasteiger partial charge in [0, 0.05) is 30.1 Å². The van der Waals surface area contributed by atoms with E-state index in [1.807, 2.05) is 18.3 Å². The molecule has 2 aromatic carbocycles. The van der Waals surface area contributed by atoms with Gasteiger partial charge in [-0.05, 0) is 48.4 Å². The second kappa shape index (κ2) is 8.40. The van der Waals surface area contributed by atoms with Gasteiger partial charge in [-0.1, -0.05) is 12.1 Å². The van der Waals surface area contributed by atoms with Gasteiger partial charge in [-0.15, -0.1) is 0 Å². The number of hydrogen-bond acceptors (Lipinski definition) is 4. The van der Waals surface area contributed by atoms with Gasteiger partial charge in [-0.3, -0.25) is 4.79 Å². The van der Waals surface area contributed by atoms with E-state index >= 15 is 0 Å². The van der Waals surface area contributed by atoms with Crippen LogP contribution in [0, 0.1) is 6.92 Å². The minimum absolute atomic E-state index is 0.138. The zero-order chi connectivity index (χ0) is 19.2. The van der Waals surface area contributed by atoms with Gasteiger partial charge in [-0.25, -0.2) is 5.43 Å². The first-order chi connectivity index (χ1) is 13.1. The van der Waals surface area contributed by atoms with E-state index in [0.717, 1.165) is 11.1 Å². The number of rotatable bonds is 7. The molecule has 3 aromatic rings. The van der Waals surface area contributed by atoms with Gasteiger partial charge in [0.2, 0.25) is 5.91 Å². The lowest BCUT2D eigenvalue weighted by molar-refractivity contribution is -0.121. The summed E-state index contributed by atoms with van der Waals surface area (Å²) in [7, 11) is 3.16. The lowest BCUT2D eigenvalue weighted by atomic mass is 10.1. The third-order valence-corrected chi connectivity index (χ3v) is 4.42. The Bertz CT molecular complexity index is 976. The fourth-order valence-corrected chi connectivity index (χ4v) is 2.96. The van der Waals surface area contributed by atoms with E-state index < -0.39 is 0 Å². The van der Waals surface area contributed by atoms with Gasteiger partial charge in [-0.2, -0.15) is 5.10 Å². The van der Waals surface area contributed by atoms with Crippen LogP contribution in [0.4, 0.5) is 0 Å². The first-order valence-corrected chi connectivity index (χ1v) is 8.70. The van der Waals surface area contributed by atoms with E-state index in [2.05, 4.69) is 40.2 Å². The summed E-state index contributed by atoms with van der Waals surface area (Å²) in [5.41, 5.74) is 5.74. The van der Waals surface area contributed by atoms with Crippen molar-refractivity contribution in [3.8, 4) is 11.5 Å². The quantitative estimate of drug-likeness (QED) is 0.515. The molecule has 0 bridgehead atoms. The second-order valence-corrected chi connectivity index (χ2v) is 6.17. The number of benzene rings is 2. The van der Waals surface area contributed by atoms with Crippen LogP contribution >= 0.6 is 0 Å². The Morgan fingerprint density at radius 3 is 2.74 bits per heavy atom. The normalized spacial score (nSPS) is 11.1. The van der Waals surface area contributed by atoms with Gasteiger partial charge < -0.3 is 14.0 Å². The molecule has 0 atom stereocenters. The number of carbonyl (C=O) groups is 1. The molecule has 0 spiro atoms. The number of hydrazone groups is 1. The predicted molar refractivity (Wildman–Crippen MR) is 107 cm³/mol. The predicted octanol–water partition coefficient (Wildman–Crippen LogP) is 3.51. The maximum atomic E-state index is 12.1. The Labute approximate surface area is 158 Å². The Balaban J connectivity index is 1.56. The molecule has 1 N–H and O–H groups in total. The topological polar surface area (TPSA) is 64.8 Å². The summed E-state index contributed by atoms with van der Waals surface area (Å²) < 4.78 is 12.5. The van der Waals surface area contributed by atoms with E-state index in [9.17, 15) is 4.79 Å². The maximum absolute atomic E-state index is 12.1. The molecule has 0 aliphatic carbocycles. The lowest BCUT2D eigenvalue weighted by Crippen LogP contribution is -2.19. The molecule has 6 nitrogen and oxygen atoms in total. The highest BCUT2D eigenvalue weighted by molar-refractivity contribution is 5.84. The van der Waals surface area contributed by atoms with E-state index in [1.54, 1.807) is 32.6 Å². The number of hydrogen-bond donors (Lipinski definition) is 1.